The number of nitrogens with one attached hydrogen (secondary N) is 2. The van der Waals surface area contributed by atoms with Crippen LogP contribution in [-0.4, -0.2) is 40.7 Å². The number of alkyl carbamates (subject to hydrolysis) is 1. The normalized spacial score (nSPS) is 13.1. The first-order valence-corrected chi connectivity index (χ1v) is 10.9. The van der Waals surface area contributed by atoms with Crippen molar-refractivity contribution in [2.24, 2.45) is 5.92 Å². The van der Waals surface area contributed by atoms with E-state index in [4.69, 9.17) is 9.15 Å². The molecule has 1 aliphatic rings. The quantitative estimate of drug-likeness (QED) is 0.466. The van der Waals surface area contributed by atoms with Gasteiger partial charge in [0.1, 0.15) is 12.6 Å². The van der Waals surface area contributed by atoms with Crippen LogP contribution in [0.15, 0.2) is 59.3 Å². The van der Waals surface area contributed by atoms with Crippen molar-refractivity contribution < 1.29 is 28.6 Å². The van der Waals surface area contributed by atoms with Gasteiger partial charge in [-0.3, -0.25) is 4.79 Å². The lowest BCUT2D eigenvalue weighted by atomic mass is 9.98. The van der Waals surface area contributed by atoms with Crippen LogP contribution in [-0.2, 0) is 16.1 Å². The van der Waals surface area contributed by atoms with E-state index in [2.05, 4.69) is 27.8 Å². The van der Waals surface area contributed by atoms with Gasteiger partial charge in [-0.05, 0) is 28.2 Å². The van der Waals surface area contributed by atoms with Crippen LogP contribution in [0.4, 0.5) is 4.79 Å². The molecule has 1 atom stereocenters. The van der Waals surface area contributed by atoms with Gasteiger partial charge in [-0.25, -0.2) is 14.6 Å². The summed E-state index contributed by atoms with van der Waals surface area (Å²) in [6, 6.07) is 15.0. The number of hydrogen-bond donors (Lipinski definition) is 3. The lowest BCUT2D eigenvalue weighted by Gasteiger charge is -2.17. The number of nitrogens with zero attached hydrogens (tertiary/aromatic N) is 1. The lowest BCUT2D eigenvalue weighted by molar-refractivity contribution is -0.140. The Balaban J connectivity index is 1.36. The van der Waals surface area contributed by atoms with Crippen molar-refractivity contribution >= 4 is 18.0 Å². The van der Waals surface area contributed by atoms with Gasteiger partial charge in [-0.1, -0.05) is 62.4 Å². The van der Waals surface area contributed by atoms with Crippen LogP contribution >= 0.6 is 0 Å². The van der Waals surface area contributed by atoms with E-state index < -0.39 is 24.0 Å². The number of hydrogen-bond acceptors (Lipinski definition) is 6. The molecule has 3 N–H and O–H groups in total. The largest absolute Gasteiger partial charge is 0.480 e. The van der Waals surface area contributed by atoms with Gasteiger partial charge >= 0.3 is 12.1 Å². The summed E-state index contributed by atoms with van der Waals surface area (Å²) < 4.78 is 10.7. The van der Waals surface area contributed by atoms with Gasteiger partial charge in [0, 0.05) is 5.92 Å². The van der Waals surface area contributed by atoms with E-state index in [1.54, 1.807) is 13.8 Å². The van der Waals surface area contributed by atoms with Crippen LogP contribution in [0.25, 0.3) is 11.1 Å². The highest BCUT2D eigenvalue weighted by atomic mass is 16.5. The Hall–Kier alpha value is -4.14. The molecule has 2 amide bonds. The maximum atomic E-state index is 12.5. The second kappa shape index (κ2) is 9.78. The molecular weight excluding hydrogens is 438 g/mol. The second-order valence-electron chi connectivity index (χ2n) is 8.34. The van der Waals surface area contributed by atoms with Gasteiger partial charge in [-0.2, -0.15) is 0 Å². The monoisotopic (exact) mass is 463 g/mol. The summed E-state index contributed by atoms with van der Waals surface area (Å²) in [6.07, 6.45) is 0.393. The molecule has 0 radical (unpaired) electrons. The molecule has 34 heavy (non-hydrogen) atoms. The Bertz CT molecular complexity index is 1170. The standard InChI is InChI=1S/C25H25N3O6/c1-14(2)21(24(30)31)28-23(29)22-20(34-13-27-22)11-26-25(32)33-12-19-17-9-5-3-7-15(17)16-8-4-6-10-18(16)19/h3-10,13-14,19,21H,11-12H2,1-2H3,(H,26,32)(H,28,29)(H,30,31)/t21-/m0/s1. The number of oxazole rings is 1. The molecule has 1 aliphatic carbocycles. The average Bonchev–Trinajstić information content (AvgIpc) is 3.42. The fourth-order valence-electron chi connectivity index (χ4n) is 4.11. The first kappa shape index (κ1) is 23.0. The number of fused-ring (bicyclic) bond motifs is 3. The van der Waals surface area contributed by atoms with Gasteiger partial charge in [0.15, 0.2) is 17.8 Å². The SMILES string of the molecule is CC(C)[C@H](NC(=O)c1ncoc1CNC(=O)OCC1c2ccccc2-c2ccccc21)C(=O)O. The van der Waals surface area contributed by atoms with E-state index in [1.165, 1.54) is 0 Å². The maximum absolute atomic E-state index is 12.5. The number of aromatic nitrogens is 1. The third kappa shape index (κ3) is 4.63. The minimum atomic E-state index is -1.15. The van der Waals surface area contributed by atoms with Crippen LogP contribution in [0, 0.1) is 5.92 Å². The van der Waals surface area contributed by atoms with Crippen molar-refractivity contribution in [3.8, 4) is 11.1 Å². The van der Waals surface area contributed by atoms with Crippen LogP contribution in [0.2, 0.25) is 0 Å². The molecule has 3 aromatic rings. The zero-order valence-corrected chi connectivity index (χ0v) is 18.8. The fourth-order valence-corrected chi connectivity index (χ4v) is 4.11. The fraction of sp³-hybridized carbons (Fsp3) is 0.280. The van der Waals surface area contributed by atoms with Gasteiger partial charge < -0.3 is 24.9 Å². The average molecular weight is 463 g/mol. The Morgan fingerprint density at radius 3 is 2.26 bits per heavy atom. The highest BCUT2D eigenvalue weighted by Gasteiger charge is 2.29. The molecule has 0 bridgehead atoms. The van der Waals surface area contributed by atoms with Crippen LogP contribution in [0.5, 0.6) is 0 Å². The highest BCUT2D eigenvalue weighted by Crippen LogP contribution is 2.44. The number of carboxylic acids is 1. The summed E-state index contributed by atoms with van der Waals surface area (Å²) in [6.45, 7) is 3.38. The van der Waals surface area contributed by atoms with Crippen LogP contribution < -0.4 is 10.6 Å². The van der Waals surface area contributed by atoms with Crippen molar-refractivity contribution in [2.45, 2.75) is 32.4 Å². The van der Waals surface area contributed by atoms with E-state index in [-0.39, 0.29) is 36.4 Å². The molecule has 0 saturated heterocycles. The molecule has 0 saturated carbocycles. The predicted molar refractivity (Wildman–Crippen MR) is 122 cm³/mol. The van der Waals surface area contributed by atoms with E-state index >= 15 is 0 Å². The molecular formula is C25H25N3O6. The summed E-state index contributed by atoms with van der Waals surface area (Å²) in [4.78, 5) is 40.1. The van der Waals surface area contributed by atoms with Crippen molar-refractivity contribution in [1.82, 2.24) is 15.6 Å². The number of aliphatic carboxylic acids is 1. The molecule has 176 valence electrons. The number of carbonyl (C=O) groups is 3. The second-order valence-corrected chi connectivity index (χ2v) is 8.34. The molecule has 1 heterocycles. The topological polar surface area (TPSA) is 131 Å². The third-order valence-electron chi connectivity index (χ3n) is 5.81. The van der Waals surface area contributed by atoms with E-state index in [1.807, 2.05) is 36.4 Å². The minimum Gasteiger partial charge on any atom is -0.480 e. The van der Waals surface area contributed by atoms with Gasteiger partial charge in [0.2, 0.25) is 0 Å². The first-order chi connectivity index (χ1) is 16.4. The Morgan fingerprint density at radius 2 is 1.68 bits per heavy atom. The molecule has 4 rings (SSSR count). The summed E-state index contributed by atoms with van der Waals surface area (Å²) in [7, 11) is 0. The number of benzene rings is 2. The van der Waals surface area contributed by atoms with Gasteiger partial charge in [-0.15, -0.1) is 0 Å². The van der Waals surface area contributed by atoms with Crippen molar-refractivity contribution in [1.29, 1.82) is 0 Å². The smallest absolute Gasteiger partial charge is 0.407 e. The lowest BCUT2D eigenvalue weighted by Crippen LogP contribution is -2.44. The molecule has 9 heteroatoms. The number of carbonyl (C=O) groups excluding carboxylic acids is 2. The van der Waals surface area contributed by atoms with Gasteiger partial charge in [0.05, 0.1) is 6.54 Å². The van der Waals surface area contributed by atoms with E-state index in [9.17, 15) is 19.5 Å². The Morgan fingerprint density at radius 1 is 1.06 bits per heavy atom. The van der Waals surface area contributed by atoms with Crippen molar-refractivity contribution in [2.75, 3.05) is 6.61 Å². The minimum absolute atomic E-state index is 0.0752. The number of rotatable bonds is 8. The molecule has 1 aromatic heterocycles. The zero-order chi connectivity index (χ0) is 24.2. The number of ether oxygens (including phenoxy) is 1. The Kier molecular flexibility index (Phi) is 6.62. The summed E-state index contributed by atoms with van der Waals surface area (Å²) in [5.41, 5.74) is 4.37. The van der Waals surface area contributed by atoms with Crippen molar-refractivity contribution in [3.63, 3.8) is 0 Å². The van der Waals surface area contributed by atoms with Crippen LogP contribution in [0.1, 0.15) is 47.1 Å². The molecule has 2 aromatic carbocycles. The van der Waals surface area contributed by atoms with E-state index in [0.29, 0.717) is 0 Å². The zero-order valence-electron chi connectivity index (χ0n) is 18.8. The molecule has 0 unspecified atom stereocenters. The van der Waals surface area contributed by atoms with Crippen molar-refractivity contribution in [3.05, 3.63) is 77.5 Å². The maximum Gasteiger partial charge on any atom is 0.407 e. The summed E-state index contributed by atoms with van der Waals surface area (Å²) >= 11 is 0. The molecule has 0 aliphatic heterocycles. The highest BCUT2D eigenvalue weighted by molar-refractivity contribution is 5.95. The number of carboxylic acid groups (broad SMARTS) is 1. The molecule has 0 spiro atoms. The van der Waals surface area contributed by atoms with Crippen LogP contribution in [0.3, 0.4) is 0 Å². The molecule has 9 nitrogen and oxygen atoms in total. The number of amides is 2. The first-order valence-electron chi connectivity index (χ1n) is 10.9. The third-order valence-corrected chi connectivity index (χ3v) is 5.81. The van der Waals surface area contributed by atoms with E-state index in [0.717, 1.165) is 28.6 Å². The van der Waals surface area contributed by atoms with Gasteiger partial charge in [0.25, 0.3) is 5.91 Å². The predicted octanol–water partition coefficient (Wildman–Crippen LogP) is 3.55. The Labute approximate surface area is 196 Å². The summed E-state index contributed by atoms with van der Waals surface area (Å²) in [5.74, 6) is -2.15. The molecule has 0 fully saturated rings. The summed E-state index contributed by atoms with van der Waals surface area (Å²) in [5, 5.41) is 14.3.